The van der Waals surface area contributed by atoms with Crippen molar-refractivity contribution in [3.63, 3.8) is 0 Å². The highest BCUT2D eigenvalue weighted by molar-refractivity contribution is 6.07. The fraction of sp³-hybridized carbons (Fsp3) is 0.200. The predicted octanol–water partition coefficient (Wildman–Crippen LogP) is 2.64. The maximum Gasteiger partial charge on any atom is 0.258 e. The Labute approximate surface area is 112 Å². The number of nitrogens with two attached hydrogens (primary N) is 1. The van der Waals surface area contributed by atoms with Crippen molar-refractivity contribution < 1.29 is 4.79 Å². The number of aromatic nitrogens is 1. The third-order valence-corrected chi connectivity index (χ3v) is 3.02. The van der Waals surface area contributed by atoms with Crippen LogP contribution in [0.1, 0.15) is 22.8 Å². The molecule has 2 rings (SSSR count). The number of carbonyl (C=O) groups excluding carboxylic acids is 1. The van der Waals surface area contributed by atoms with E-state index in [4.69, 9.17) is 5.73 Å². The summed E-state index contributed by atoms with van der Waals surface area (Å²) in [5.41, 5.74) is 8.79. The second-order valence-electron chi connectivity index (χ2n) is 4.33. The van der Waals surface area contributed by atoms with E-state index in [9.17, 15) is 4.79 Å². The molecule has 4 heteroatoms. The molecule has 4 nitrogen and oxygen atoms in total. The summed E-state index contributed by atoms with van der Waals surface area (Å²) in [4.78, 5) is 18.3. The van der Waals surface area contributed by atoms with Crippen LogP contribution in [0, 0.1) is 6.92 Å². The minimum Gasteiger partial charge on any atom is -0.399 e. The molecule has 1 aromatic heterocycles. The lowest BCUT2D eigenvalue weighted by molar-refractivity contribution is 0.0988. The van der Waals surface area contributed by atoms with Crippen molar-refractivity contribution in [3.05, 3.63) is 53.9 Å². The molecule has 0 spiro atoms. The van der Waals surface area contributed by atoms with Crippen molar-refractivity contribution in [3.8, 4) is 0 Å². The Morgan fingerprint density at radius 1 is 1.26 bits per heavy atom. The van der Waals surface area contributed by atoms with Crippen LogP contribution in [-0.2, 0) is 0 Å². The molecule has 0 aliphatic rings. The van der Waals surface area contributed by atoms with Gasteiger partial charge in [0.25, 0.3) is 5.91 Å². The molecular weight excluding hydrogens is 238 g/mol. The molecule has 0 saturated carbocycles. The second-order valence-corrected chi connectivity index (χ2v) is 4.33. The van der Waals surface area contributed by atoms with Gasteiger partial charge in [-0.1, -0.05) is 0 Å². The van der Waals surface area contributed by atoms with Crippen LogP contribution >= 0.6 is 0 Å². The first-order chi connectivity index (χ1) is 9.13. The zero-order chi connectivity index (χ0) is 13.8. The number of amides is 1. The first-order valence-corrected chi connectivity index (χ1v) is 6.21. The van der Waals surface area contributed by atoms with Crippen molar-refractivity contribution in [2.45, 2.75) is 13.8 Å². The topological polar surface area (TPSA) is 59.2 Å². The lowest BCUT2D eigenvalue weighted by Gasteiger charge is -2.21. The van der Waals surface area contributed by atoms with Gasteiger partial charge in [0.15, 0.2) is 0 Å². The van der Waals surface area contributed by atoms with E-state index < -0.39 is 0 Å². The summed E-state index contributed by atoms with van der Waals surface area (Å²) < 4.78 is 0. The molecule has 1 amide bonds. The van der Waals surface area contributed by atoms with Gasteiger partial charge in [-0.2, -0.15) is 0 Å². The van der Waals surface area contributed by atoms with Crippen molar-refractivity contribution >= 4 is 17.3 Å². The molecule has 0 aliphatic carbocycles. The van der Waals surface area contributed by atoms with E-state index in [0.717, 1.165) is 11.3 Å². The largest absolute Gasteiger partial charge is 0.399 e. The summed E-state index contributed by atoms with van der Waals surface area (Å²) in [6, 6.07) is 8.99. The maximum atomic E-state index is 12.6. The standard InChI is InChI=1S/C15H17N3O/c1-3-18(13-6-8-17-9-7-13)15(19)14-5-4-12(16)10-11(14)2/h4-10H,3,16H2,1-2H3. The number of benzene rings is 1. The van der Waals surface area contributed by atoms with Crippen LogP contribution < -0.4 is 10.6 Å². The SMILES string of the molecule is CCN(C(=O)c1ccc(N)cc1C)c1ccncc1. The Kier molecular flexibility index (Phi) is 3.80. The number of aryl methyl sites for hydroxylation is 1. The van der Waals surface area contributed by atoms with Gasteiger partial charge in [-0.15, -0.1) is 0 Å². The first-order valence-electron chi connectivity index (χ1n) is 6.21. The van der Waals surface area contributed by atoms with Crippen LogP contribution in [0.15, 0.2) is 42.7 Å². The first kappa shape index (κ1) is 13.1. The van der Waals surface area contributed by atoms with Gasteiger partial charge in [-0.3, -0.25) is 9.78 Å². The minimum absolute atomic E-state index is 0.0220. The number of carbonyl (C=O) groups is 1. The zero-order valence-electron chi connectivity index (χ0n) is 11.1. The number of anilines is 2. The number of nitrogens with zero attached hydrogens (tertiary/aromatic N) is 2. The van der Waals surface area contributed by atoms with Crippen LogP contribution in [0.4, 0.5) is 11.4 Å². The number of hydrogen-bond donors (Lipinski definition) is 1. The molecule has 0 saturated heterocycles. The van der Waals surface area contributed by atoms with Crippen LogP contribution in [0.3, 0.4) is 0 Å². The normalized spacial score (nSPS) is 10.2. The lowest BCUT2D eigenvalue weighted by Crippen LogP contribution is -2.31. The summed E-state index contributed by atoms with van der Waals surface area (Å²) >= 11 is 0. The van der Waals surface area contributed by atoms with Crippen molar-refractivity contribution in [1.29, 1.82) is 0 Å². The molecule has 1 heterocycles. The fourth-order valence-corrected chi connectivity index (χ4v) is 2.04. The Balaban J connectivity index is 2.36. The molecule has 2 N–H and O–H groups in total. The van der Waals surface area contributed by atoms with Crippen LogP contribution in [0.5, 0.6) is 0 Å². The van der Waals surface area contributed by atoms with Gasteiger partial charge in [0.2, 0.25) is 0 Å². The van der Waals surface area contributed by atoms with Crippen LogP contribution in [0.2, 0.25) is 0 Å². The zero-order valence-corrected chi connectivity index (χ0v) is 11.1. The van der Waals surface area contributed by atoms with Crippen LogP contribution in [0.25, 0.3) is 0 Å². The average molecular weight is 255 g/mol. The summed E-state index contributed by atoms with van der Waals surface area (Å²) in [7, 11) is 0. The number of nitrogen functional groups attached to an aromatic ring is 1. The minimum atomic E-state index is -0.0220. The summed E-state index contributed by atoms with van der Waals surface area (Å²) in [5, 5.41) is 0. The molecular formula is C15H17N3O. The monoisotopic (exact) mass is 255 g/mol. The molecule has 98 valence electrons. The Bertz CT molecular complexity index is 581. The van der Waals surface area contributed by atoms with Gasteiger partial charge >= 0.3 is 0 Å². The molecule has 0 atom stereocenters. The van der Waals surface area contributed by atoms with Gasteiger partial charge in [0.05, 0.1) is 0 Å². The summed E-state index contributed by atoms with van der Waals surface area (Å²) in [6.07, 6.45) is 3.36. The highest BCUT2D eigenvalue weighted by Crippen LogP contribution is 2.19. The third kappa shape index (κ3) is 2.73. The fourth-order valence-electron chi connectivity index (χ4n) is 2.04. The quantitative estimate of drug-likeness (QED) is 0.858. The maximum absolute atomic E-state index is 12.6. The molecule has 0 fully saturated rings. The summed E-state index contributed by atoms with van der Waals surface area (Å²) in [6.45, 7) is 4.45. The molecule has 2 aromatic rings. The molecule has 0 radical (unpaired) electrons. The molecule has 0 unspecified atom stereocenters. The lowest BCUT2D eigenvalue weighted by atomic mass is 10.1. The van der Waals surface area contributed by atoms with Gasteiger partial charge in [0.1, 0.15) is 0 Å². The van der Waals surface area contributed by atoms with Gasteiger partial charge in [0, 0.05) is 35.9 Å². The molecule has 0 bridgehead atoms. The van der Waals surface area contributed by atoms with E-state index in [0.29, 0.717) is 17.8 Å². The summed E-state index contributed by atoms with van der Waals surface area (Å²) in [5.74, 6) is -0.0220. The Hall–Kier alpha value is -2.36. The van der Waals surface area contributed by atoms with E-state index in [-0.39, 0.29) is 5.91 Å². The highest BCUT2D eigenvalue weighted by Gasteiger charge is 2.17. The molecule has 19 heavy (non-hydrogen) atoms. The second kappa shape index (κ2) is 5.52. The van der Waals surface area contributed by atoms with Gasteiger partial charge in [-0.25, -0.2) is 0 Å². The molecule has 1 aromatic carbocycles. The molecule has 0 aliphatic heterocycles. The van der Waals surface area contributed by atoms with Gasteiger partial charge < -0.3 is 10.6 Å². The van der Waals surface area contributed by atoms with E-state index in [2.05, 4.69) is 4.98 Å². The highest BCUT2D eigenvalue weighted by atomic mass is 16.2. The van der Waals surface area contributed by atoms with E-state index in [1.165, 1.54) is 0 Å². The Morgan fingerprint density at radius 2 is 1.95 bits per heavy atom. The van der Waals surface area contributed by atoms with E-state index in [1.807, 2.05) is 32.0 Å². The number of hydrogen-bond acceptors (Lipinski definition) is 3. The number of pyridine rings is 1. The van der Waals surface area contributed by atoms with Crippen molar-refractivity contribution in [2.24, 2.45) is 0 Å². The third-order valence-electron chi connectivity index (χ3n) is 3.02. The number of rotatable bonds is 3. The Morgan fingerprint density at radius 3 is 2.53 bits per heavy atom. The van der Waals surface area contributed by atoms with Crippen LogP contribution in [-0.4, -0.2) is 17.4 Å². The van der Waals surface area contributed by atoms with E-state index >= 15 is 0 Å². The van der Waals surface area contributed by atoms with Crippen molar-refractivity contribution in [1.82, 2.24) is 4.98 Å². The van der Waals surface area contributed by atoms with Crippen molar-refractivity contribution in [2.75, 3.05) is 17.2 Å². The smallest absolute Gasteiger partial charge is 0.258 e. The van der Waals surface area contributed by atoms with Gasteiger partial charge in [-0.05, 0) is 49.7 Å². The predicted molar refractivity (Wildman–Crippen MR) is 77.2 cm³/mol. The average Bonchev–Trinajstić information content (AvgIpc) is 2.40. The van der Waals surface area contributed by atoms with E-state index in [1.54, 1.807) is 29.4 Å².